The van der Waals surface area contributed by atoms with Crippen LogP contribution in [-0.4, -0.2) is 31.2 Å². The van der Waals surface area contributed by atoms with E-state index in [-0.39, 0.29) is 5.91 Å². The van der Waals surface area contributed by atoms with Gasteiger partial charge in [-0.3, -0.25) is 4.79 Å². The highest BCUT2D eigenvalue weighted by Crippen LogP contribution is 2.31. The molecule has 28 heavy (non-hydrogen) atoms. The summed E-state index contributed by atoms with van der Waals surface area (Å²) in [7, 11) is -3.77. The zero-order chi connectivity index (χ0) is 20.6. The monoisotopic (exact) mass is 420 g/mol. The van der Waals surface area contributed by atoms with Gasteiger partial charge < -0.3 is 5.32 Å². The van der Waals surface area contributed by atoms with E-state index in [2.05, 4.69) is 5.32 Å². The molecule has 1 aliphatic rings. The molecule has 5 nitrogen and oxygen atoms in total. The van der Waals surface area contributed by atoms with Gasteiger partial charge in [0, 0.05) is 17.3 Å². The van der Waals surface area contributed by atoms with Crippen LogP contribution in [0.3, 0.4) is 0 Å². The number of halogens is 1. The average Bonchev–Trinajstić information content (AvgIpc) is 3.06. The molecule has 1 saturated heterocycles. The van der Waals surface area contributed by atoms with Gasteiger partial charge in [0.05, 0.1) is 4.90 Å². The van der Waals surface area contributed by atoms with Crippen molar-refractivity contribution >= 4 is 33.2 Å². The van der Waals surface area contributed by atoms with Crippen LogP contribution >= 0.6 is 11.6 Å². The zero-order valence-electron chi connectivity index (χ0n) is 16.5. The Morgan fingerprint density at radius 3 is 2.32 bits per heavy atom. The standard InChI is InChI=1S/C21H25ClN2O3S/c1-13-10-15(3)20(16(4)11-13)28(26,27)24-9-5-6-19(24)21(25)23-18-8-7-17(22)12-14(18)2/h7-8,10-12,19H,5-6,9H2,1-4H3,(H,23,25)/t19-/m1/s1. The first kappa shape index (κ1) is 20.8. The summed E-state index contributed by atoms with van der Waals surface area (Å²) < 4.78 is 28.1. The summed E-state index contributed by atoms with van der Waals surface area (Å²) in [6.07, 6.45) is 1.16. The van der Waals surface area contributed by atoms with Crippen LogP contribution in [0, 0.1) is 27.7 Å². The second-order valence-electron chi connectivity index (χ2n) is 7.45. The lowest BCUT2D eigenvalue weighted by molar-refractivity contribution is -0.119. The lowest BCUT2D eigenvalue weighted by atomic mass is 10.1. The molecular formula is C21H25ClN2O3S. The largest absolute Gasteiger partial charge is 0.324 e. The number of aryl methyl sites for hydroxylation is 4. The number of nitrogens with zero attached hydrogens (tertiary/aromatic N) is 1. The number of anilines is 1. The summed E-state index contributed by atoms with van der Waals surface area (Å²) in [4.78, 5) is 13.2. The number of hydrogen-bond donors (Lipinski definition) is 1. The summed E-state index contributed by atoms with van der Waals surface area (Å²) in [5, 5.41) is 3.46. The van der Waals surface area contributed by atoms with Gasteiger partial charge in [0.15, 0.2) is 0 Å². The maximum Gasteiger partial charge on any atom is 0.244 e. The molecule has 0 aromatic heterocycles. The maximum atomic E-state index is 13.4. The Balaban J connectivity index is 1.91. The van der Waals surface area contributed by atoms with Crippen molar-refractivity contribution in [1.29, 1.82) is 0 Å². The number of carbonyl (C=O) groups is 1. The minimum Gasteiger partial charge on any atom is -0.324 e. The molecule has 1 amide bonds. The number of carbonyl (C=O) groups excluding carboxylic acids is 1. The van der Waals surface area contributed by atoms with Gasteiger partial charge >= 0.3 is 0 Å². The molecule has 7 heteroatoms. The smallest absolute Gasteiger partial charge is 0.244 e. The molecular weight excluding hydrogens is 396 g/mol. The fraction of sp³-hybridized carbons (Fsp3) is 0.381. The highest BCUT2D eigenvalue weighted by Gasteiger charge is 2.40. The van der Waals surface area contributed by atoms with Gasteiger partial charge in [-0.1, -0.05) is 29.3 Å². The van der Waals surface area contributed by atoms with Crippen LogP contribution in [0.2, 0.25) is 5.02 Å². The molecule has 0 spiro atoms. The normalized spacial score (nSPS) is 17.7. The number of amides is 1. The molecule has 0 unspecified atom stereocenters. The molecule has 3 rings (SSSR count). The first-order chi connectivity index (χ1) is 13.1. The minimum absolute atomic E-state index is 0.306. The molecule has 1 N–H and O–H groups in total. The summed E-state index contributed by atoms with van der Waals surface area (Å²) in [6, 6.07) is 8.20. The van der Waals surface area contributed by atoms with Crippen molar-refractivity contribution in [2.24, 2.45) is 0 Å². The van der Waals surface area contributed by atoms with E-state index in [0.29, 0.717) is 46.1 Å². The van der Waals surface area contributed by atoms with Gasteiger partial charge in [-0.05, 0) is 75.4 Å². The first-order valence-corrected chi connectivity index (χ1v) is 11.1. The van der Waals surface area contributed by atoms with Crippen molar-refractivity contribution in [3.63, 3.8) is 0 Å². The second kappa shape index (κ2) is 7.85. The van der Waals surface area contributed by atoms with Gasteiger partial charge in [-0.2, -0.15) is 4.31 Å². The Hall–Kier alpha value is -1.89. The molecule has 150 valence electrons. The Labute approximate surface area is 171 Å². The number of hydrogen-bond acceptors (Lipinski definition) is 3. The van der Waals surface area contributed by atoms with Crippen LogP contribution in [0.25, 0.3) is 0 Å². The van der Waals surface area contributed by atoms with Gasteiger partial charge in [0.2, 0.25) is 15.9 Å². The van der Waals surface area contributed by atoms with Gasteiger partial charge in [0.1, 0.15) is 6.04 Å². The maximum absolute atomic E-state index is 13.4. The van der Waals surface area contributed by atoms with Crippen molar-refractivity contribution < 1.29 is 13.2 Å². The minimum atomic E-state index is -3.77. The number of rotatable bonds is 4. The van der Waals surface area contributed by atoms with Gasteiger partial charge in [-0.25, -0.2) is 8.42 Å². The second-order valence-corrected chi connectivity index (χ2v) is 9.71. The van der Waals surface area contributed by atoms with Gasteiger partial charge in [-0.15, -0.1) is 0 Å². The van der Waals surface area contributed by atoms with Crippen molar-refractivity contribution in [3.05, 3.63) is 57.6 Å². The molecule has 0 radical (unpaired) electrons. The fourth-order valence-corrected chi connectivity index (χ4v) is 6.26. The van der Waals surface area contributed by atoms with Crippen LogP contribution in [0.4, 0.5) is 5.69 Å². The van der Waals surface area contributed by atoms with E-state index in [4.69, 9.17) is 11.6 Å². The molecule has 1 aliphatic heterocycles. The molecule has 1 atom stereocenters. The van der Waals surface area contributed by atoms with Crippen molar-refractivity contribution in [2.75, 3.05) is 11.9 Å². The molecule has 1 heterocycles. The Kier molecular flexibility index (Phi) is 5.84. The van der Waals surface area contributed by atoms with E-state index in [1.54, 1.807) is 32.0 Å². The van der Waals surface area contributed by atoms with Crippen LogP contribution in [0.1, 0.15) is 35.1 Å². The van der Waals surface area contributed by atoms with E-state index >= 15 is 0 Å². The van der Waals surface area contributed by atoms with Crippen molar-refractivity contribution in [3.8, 4) is 0 Å². The van der Waals surface area contributed by atoms with Gasteiger partial charge in [0.25, 0.3) is 0 Å². The summed E-state index contributed by atoms with van der Waals surface area (Å²) >= 11 is 5.97. The first-order valence-electron chi connectivity index (χ1n) is 9.28. The molecule has 2 aromatic carbocycles. The Morgan fingerprint density at radius 1 is 1.07 bits per heavy atom. The summed E-state index contributed by atoms with van der Waals surface area (Å²) in [6.45, 7) is 7.73. The fourth-order valence-electron chi connectivity index (χ4n) is 3.96. The third-order valence-electron chi connectivity index (χ3n) is 5.12. The average molecular weight is 421 g/mol. The zero-order valence-corrected chi connectivity index (χ0v) is 18.1. The van der Waals surface area contributed by atoms with Crippen LogP contribution < -0.4 is 5.32 Å². The Morgan fingerprint density at radius 2 is 1.71 bits per heavy atom. The lowest BCUT2D eigenvalue weighted by Crippen LogP contribution is -2.43. The van der Waals surface area contributed by atoms with Crippen molar-refractivity contribution in [1.82, 2.24) is 4.31 Å². The summed E-state index contributed by atoms with van der Waals surface area (Å²) in [5.41, 5.74) is 3.90. The van der Waals surface area contributed by atoms with Crippen molar-refractivity contribution in [2.45, 2.75) is 51.5 Å². The highest BCUT2D eigenvalue weighted by atomic mass is 35.5. The molecule has 0 aliphatic carbocycles. The molecule has 0 saturated carbocycles. The van der Waals surface area contributed by atoms with E-state index in [9.17, 15) is 13.2 Å². The molecule has 2 aromatic rings. The van der Waals surface area contributed by atoms with Crippen LogP contribution in [0.15, 0.2) is 35.2 Å². The highest BCUT2D eigenvalue weighted by molar-refractivity contribution is 7.89. The third kappa shape index (κ3) is 3.95. The SMILES string of the molecule is Cc1cc(C)c(S(=O)(=O)N2CCC[C@@H]2C(=O)Nc2ccc(Cl)cc2C)c(C)c1. The number of benzene rings is 2. The van der Waals surface area contributed by atoms with E-state index < -0.39 is 16.1 Å². The quantitative estimate of drug-likeness (QED) is 0.798. The molecule has 0 bridgehead atoms. The number of nitrogens with one attached hydrogen (secondary N) is 1. The molecule has 1 fully saturated rings. The predicted molar refractivity (Wildman–Crippen MR) is 112 cm³/mol. The third-order valence-corrected chi connectivity index (χ3v) is 7.57. The summed E-state index contributed by atoms with van der Waals surface area (Å²) in [5.74, 6) is -0.311. The number of sulfonamides is 1. The Bertz CT molecular complexity index is 1010. The predicted octanol–water partition coefficient (Wildman–Crippen LogP) is 4.37. The van der Waals surface area contributed by atoms with E-state index in [1.807, 2.05) is 26.0 Å². The van der Waals surface area contributed by atoms with Crippen LogP contribution in [-0.2, 0) is 14.8 Å². The lowest BCUT2D eigenvalue weighted by Gasteiger charge is -2.25. The topological polar surface area (TPSA) is 66.5 Å². The van der Waals surface area contributed by atoms with E-state index in [1.165, 1.54) is 4.31 Å². The van der Waals surface area contributed by atoms with E-state index in [0.717, 1.165) is 11.1 Å². The van der Waals surface area contributed by atoms with Crippen LogP contribution in [0.5, 0.6) is 0 Å².